The van der Waals surface area contributed by atoms with E-state index in [0.717, 1.165) is 12.1 Å². The first kappa shape index (κ1) is 15.7. The predicted octanol–water partition coefficient (Wildman–Crippen LogP) is 2.56. The summed E-state index contributed by atoms with van der Waals surface area (Å²) in [7, 11) is 0. The van der Waals surface area contributed by atoms with Crippen LogP contribution in [0.1, 0.15) is 17.5 Å². The van der Waals surface area contributed by atoms with Crippen LogP contribution in [-0.2, 0) is 17.8 Å². The van der Waals surface area contributed by atoms with Gasteiger partial charge in [0.05, 0.1) is 6.04 Å². The number of urea groups is 1. The lowest BCUT2D eigenvalue weighted by Crippen LogP contribution is -2.47. The third-order valence-electron chi connectivity index (χ3n) is 4.94. The van der Waals surface area contributed by atoms with Crippen molar-refractivity contribution in [2.24, 2.45) is 0 Å². The summed E-state index contributed by atoms with van der Waals surface area (Å²) in [5, 5.41) is 3.03. The van der Waals surface area contributed by atoms with Gasteiger partial charge >= 0.3 is 6.03 Å². The molecule has 2 aromatic rings. The van der Waals surface area contributed by atoms with E-state index in [9.17, 15) is 9.59 Å². The minimum Gasteiger partial charge on any atom is -0.333 e. The molecule has 4 rings (SSSR count). The van der Waals surface area contributed by atoms with Gasteiger partial charge in [0.25, 0.3) is 0 Å². The van der Waals surface area contributed by atoms with Gasteiger partial charge in [-0.15, -0.1) is 0 Å². The Hall–Kier alpha value is -2.82. The topological polar surface area (TPSA) is 52.7 Å². The molecule has 25 heavy (non-hydrogen) atoms. The van der Waals surface area contributed by atoms with Crippen molar-refractivity contribution in [2.75, 3.05) is 18.0 Å². The number of anilines is 1. The molecule has 2 heterocycles. The minimum absolute atomic E-state index is 0.0560. The summed E-state index contributed by atoms with van der Waals surface area (Å²) in [6.07, 6.45) is 1.23. The summed E-state index contributed by atoms with van der Waals surface area (Å²) < 4.78 is 0. The van der Waals surface area contributed by atoms with Crippen molar-refractivity contribution in [1.82, 2.24) is 10.2 Å². The molecule has 5 heteroatoms. The van der Waals surface area contributed by atoms with Crippen molar-refractivity contribution in [3.05, 3.63) is 65.7 Å². The molecule has 0 radical (unpaired) electrons. The summed E-state index contributed by atoms with van der Waals surface area (Å²) in [5.41, 5.74) is 3.41. The molecule has 2 aliphatic heterocycles. The first-order chi connectivity index (χ1) is 12.2. The lowest BCUT2D eigenvalue weighted by molar-refractivity contribution is -0.117. The first-order valence-corrected chi connectivity index (χ1v) is 8.68. The number of fused-ring (bicyclic) bond motifs is 1. The van der Waals surface area contributed by atoms with Gasteiger partial charge in [-0.3, -0.25) is 4.79 Å². The van der Waals surface area contributed by atoms with Gasteiger partial charge < -0.3 is 15.1 Å². The number of benzene rings is 2. The molecule has 0 aliphatic carbocycles. The van der Waals surface area contributed by atoms with Gasteiger partial charge in [0.2, 0.25) is 5.91 Å². The zero-order chi connectivity index (χ0) is 17.2. The first-order valence-electron chi connectivity index (χ1n) is 8.68. The molecule has 5 nitrogen and oxygen atoms in total. The molecule has 1 unspecified atom stereocenters. The Morgan fingerprint density at radius 1 is 1.00 bits per heavy atom. The van der Waals surface area contributed by atoms with E-state index in [4.69, 9.17) is 0 Å². The van der Waals surface area contributed by atoms with Crippen LogP contribution >= 0.6 is 0 Å². The highest BCUT2D eigenvalue weighted by atomic mass is 16.2. The molecule has 1 atom stereocenters. The summed E-state index contributed by atoms with van der Waals surface area (Å²) in [6.45, 7) is 1.87. The maximum atomic E-state index is 12.6. The molecule has 0 spiro atoms. The van der Waals surface area contributed by atoms with E-state index in [2.05, 4.69) is 17.4 Å². The van der Waals surface area contributed by atoms with Gasteiger partial charge in [0.15, 0.2) is 0 Å². The lowest BCUT2D eigenvalue weighted by Gasteiger charge is -2.30. The van der Waals surface area contributed by atoms with E-state index in [1.165, 1.54) is 11.1 Å². The summed E-state index contributed by atoms with van der Waals surface area (Å²) >= 11 is 0. The number of rotatable bonds is 2. The largest absolute Gasteiger partial charge is 0.333 e. The molecule has 0 aromatic heterocycles. The fourth-order valence-electron chi connectivity index (χ4n) is 3.60. The Balaban J connectivity index is 1.38. The van der Waals surface area contributed by atoms with E-state index in [1.54, 1.807) is 4.90 Å². The second kappa shape index (κ2) is 6.59. The highest BCUT2D eigenvalue weighted by Gasteiger charge is 2.32. The Labute approximate surface area is 147 Å². The Bertz CT molecular complexity index is 791. The lowest BCUT2D eigenvalue weighted by atomic mass is 10.0. The SMILES string of the molecule is O=C(NC1CC(=O)N(c2ccccc2)C1)N1CCc2ccccc2C1. The fraction of sp³-hybridized carbons (Fsp3) is 0.300. The summed E-state index contributed by atoms with van der Waals surface area (Å²) in [6, 6.07) is 17.6. The zero-order valence-electron chi connectivity index (χ0n) is 14.0. The molecule has 0 saturated carbocycles. The van der Waals surface area contributed by atoms with Crippen LogP contribution in [0.3, 0.4) is 0 Å². The smallest absolute Gasteiger partial charge is 0.318 e. The zero-order valence-corrected chi connectivity index (χ0v) is 14.0. The van der Waals surface area contributed by atoms with Crippen molar-refractivity contribution in [2.45, 2.75) is 25.4 Å². The summed E-state index contributed by atoms with van der Waals surface area (Å²) in [5.74, 6) is 0.0560. The average molecular weight is 335 g/mol. The van der Waals surface area contributed by atoms with Crippen LogP contribution in [0.5, 0.6) is 0 Å². The maximum Gasteiger partial charge on any atom is 0.318 e. The third kappa shape index (κ3) is 3.22. The van der Waals surface area contributed by atoms with Gasteiger partial charge in [0, 0.05) is 31.7 Å². The molecule has 1 N–H and O–H groups in total. The summed E-state index contributed by atoms with van der Waals surface area (Å²) in [4.78, 5) is 28.4. The van der Waals surface area contributed by atoms with Crippen molar-refractivity contribution >= 4 is 17.6 Å². The number of carbonyl (C=O) groups excluding carboxylic acids is 2. The molecule has 128 valence electrons. The quantitative estimate of drug-likeness (QED) is 0.917. The second-order valence-corrected chi connectivity index (χ2v) is 6.63. The fourth-order valence-corrected chi connectivity index (χ4v) is 3.60. The highest BCUT2D eigenvalue weighted by molar-refractivity contribution is 5.96. The second-order valence-electron chi connectivity index (χ2n) is 6.63. The van der Waals surface area contributed by atoms with Crippen LogP contribution in [0.25, 0.3) is 0 Å². The van der Waals surface area contributed by atoms with Crippen LogP contribution in [0.15, 0.2) is 54.6 Å². The monoisotopic (exact) mass is 335 g/mol. The van der Waals surface area contributed by atoms with Gasteiger partial charge in [-0.25, -0.2) is 4.79 Å². The Morgan fingerprint density at radius 2 is 1.72 bits per heavy atom. The standard InChI is InChI=1S/C20H21N3O2/c24-19-12-17(14-23(19)18-8-2-1-3-9-18)21-20(25)22-11-10-15-6-4-5-7-16(15)13-22/h1-9,17H,10-14H2,(H,21,25). The van der Waals surface area contributed by atoms with Gasteiger partial charge in [-0.1, -0.05) is 42.5 Å². The third-order valence-corrected chi connectivity index (χ3v) is 4.94. The van der Waals surface area contributed by atoms with Crippen molar-refractivity contribution in [3.8, 4) is 0 Å². The number of para-hydroxylation sites is 1. The molecule has 1 fully saturated rings. The minimum atomic E-state index is -0.141. The van der Waals surface area contributed by atoms with Crippen LogP contribution < -0.4 is 10.2 Å². The van der Waals surface area contributed by atoms with Crippen LogP contribution in [0.4, 0.5) is 10.5 Å². The number of hydrogen-bond acceptors (Lipinski definition) is 2. The number of carbonyl (C=O) groups is 2. The van der Waals surface area contributed by atoms with Crippen molar-refractivity contribution in [3.63, 3.8) is 0 Å². The van der Waals surface area contributed by atoms with E-state index < -0.39 is 0 Å². The average Bonchev–Trinajstić information content (AvgIpc) is 3.02. The molecular weight excluding hydrogens is 314 g/mol. The van der Waals surface area contributed by atoms with Crippen LogP contribution in [0.2, 0.25) is 0 Å². The van der Waals surface area contributed by atoms with Gasteiger partial charge in [0.1, 0.15) is 0 Å². The molecular formula is C20H21N3O2. The number of nitrogens with zero attached hydrogens (tertiary/aromatic N) is 2. The molecule has 1 saturated heterocycles. The predicted molar refractivity (Wildman–Crippen MR) is 96.3 cm³/mol. The van der Waals surface area contributed by atoms with Crippen molar-refractivity contribution < 1.29 is 9.59 Å². The van der Waals surface area contributed by atoms with E-state index >= 15 is 0 Å². The number of nitrogens with one attached hydrogen (secondary N) is 1. The molecule has 0 bridgehead atoms. The Kier molecular flexibility index (Phi) is 4.14. The number of amides is 3. The number of hydrogen-bond donors (Lipinski definition) is 1. The van der Waals surface area contributed by atoms with Gasteiger partial charge in [-0.05, 0) is 29.7 Å². The molecule has 3 amide bonds. The van der Waals surface area contributed by atoms with Crippen LogP contribution in [-0.4, -0.2) is 36.0 Å². The normalized spacial score (nSPS) is 19.7. The molecule has 2 aromatic carbocycles. The van der Waals surface area contributed by atoms with Crippen molar-refractivity contribution in [1.29, 1.82) is 0 Å². The van der Waals surface area contributed by atoms with Gasteiger partial charge in [-0.2, -0.15) is 0 Å². The maximum absolute atomic E-state index is 12.6. The van der Waals surface area contributed by atoms with E-state index in [0.29, 0.717) is 26.1 Å². The van der Waals surface area contributed by atoms with E-state index in [-0.39, 0.29) is 18.0 Å². The highest BCUT2D eigenvalue weighted by Crippen LogP contribution is 2.22. The molecule has 2 aliphatic rings. The van der Waals surface area contributed by atoms with E-state index in [1.807, 2.05) is 47.4 Å². The van der Waals surface area contributed by atoms with Crippen LogP contribution in [0, 0.1) is 0 Å². The Morgan fingerprint density at radius 3 is 2.52 bits per heavy atom.